The van der Waals surface area contributed by atoms with Gasteiger partial charge in [-0.25, -0.2) is 4.68 Å². The molecule has 2 radical (unpaired) electrons. The van der Waals surface area contributed by atoms with E-state index in [-0.39, 0.29) is 142 Å². The van der Waals surface area contributed by atoms with E-state index in [1.54, 1.807) is 10.9 Å². The molecule has 0 unspecified atom stereocenters. The van der Waals surface area contributed by atoms with Gasteiger partial charge in [0.1, 0.15) is 0 Å². The van der Waals surface area contributed by atoms with Gasteiger partial charge in [-0.3, -0.25) is 0 Å². The first-order valence-electron chi connectivity index (χ1n) is 31.6. The van der Waals surface area contributed by atoms with Crippen molar-refractivity contribution in [3.63, 3.8) is 0 Å². The molecular formula is C82H78Ir2N13OPt4-3. The number of anilines is 6. The summed E-state index contributed by atoms with van der Waals surface area (Å²) in [5, 5.41) is 16.9. The molecule has 0 bridgehead atoms. The molecular weight excluding hydrogens is 2350 g/mol. The Morgan fingerprint density at radius 1 is 0.412 bits per heavy atom. The number of benzene rings is 9. The number of aliphatic hydroxyl groups excluding tert-OH is 1. The molecule has 6 aliphatic rings. The van der Waals surface area contributed by atoms with Gasteiger partial charge < -0.3 is 54.1 Å². The fourth-order valence-electron chi connectivity index (χ4n) is 10.8. The Labute approximate surface area is 689 Å². The van der Waals surface area contributed by atoms with Crippen LogP contribution >= 0.6 is 0 Å². The summed E-state index contributed by atoms with van der Waals surface area (Å²) >= 11 is 0. The van der Waals surface area contributed by atoms with Gasteiger partial charge in [-0.1, -0.05) is 97.4 Å². The molecule has 102 heavy (non-hydrogen) atoms. The van der Waals surface area contributed by atoms with Gasteiger partial charge in [0, 0.05) is 64.2 Å². The van der Waals surface area contributed by atoms with Crippen molar-refractivity contribution in [1.29, 1.82) is 0 Å². The van der Waals surface area contributed by atoms with Crippen molar-refractivity contribution in [2.75, 3.05) is 50.5 Å². The van der Waals surface area contributed by atoms with E-state index < -0.39 is 0 Å². The second-order valence-corrected chi connectivity index (χ2v) is 24.4. The third kappa shape index (κ3) is 22.9. The van der Waals surface area contributed by atoms with Crippen molar-refractivity contribution >= 4 is 34.1 Å². The van der Waals surface area contributed by atoms with Gasteiger partial charge in [0.05, 0.1) is 6.20 Å². The van der Waals surface area contributed by atoms with Gasteiger partial charge in [0.25, 0.3) is 0 Å². The second kappa shape index (κ2) is 41.4. The Hall–Kier alpha value is -7.17. The Balaban J connectivity index is 0.000000219. The van der Waals surface area contributed by atoms with Gasteiger partial charge in [-0.05, 0) is 138 Å². The molecule has 6 heterocycles. The maximum atomic E-state index is 8.99. The van der Waals surface area contributed by atoms with Crippen LogP contribution in [0, 0.1) is 69.7 Å². The van der Waals surface area contributed by atoms with Crippen LogP contribution in [-0.2, 0) is 136 Å². The zero-order valence-electron chi connectivity index (χ0n) is 57.3. The van der Waals surface area contributed by atoms with Crippen LogP contribution in [0.4, 0.5) is 34.1 Å². The Morgan fingerprint density at radius 3 is 1.37 bits per heavy atom. The van der Waals surface area contributed by atoms with Gasteiger partial charge >= 0.3 is 84.3 Å². The molecule has 9 aromatic carbocycles. The molecule has 1 aromatic heterocycles. The summed E-state index contributed by atoms with van der Waals surface area (Å²) in [5.41, 5.74) is 16.0. The number of aromatic nitrogens is 3. The molecule has 1 aliphatic carbocycles. The van der Waals surface area contributed by atoms with Crippen molar-refractivity contribution in [3.8, 4) is 27.9 Å². The maximum Gasteiger partial charge on any atom is 2.00 e. The zero-order chi connectivity index (χ0) is 66.9. The van der Waals surface area contributed by atoms with Crippen LogP contribution in [0.1, 0.15) is 51.3 Å². The molecule has 0 amide bonds. The number of fused-ring (bicyclic) bond motifs is 3. The molecule has 20 heteroatoms. The molecule has 538 valence electrons. The molecule has 1 N–H and O–H groups in total. The number of hydrogen-bond donors (Lipinski definition) is 1. The Kier molecular flexibility index (Phi) is 34.7. The summed E-state index contributed by atoms with van der Waals surface area (Å²) in [5.74, 6) is 0. The number of nitrogens with zero attached hydrogens (tertiary/aromatic N) is 13. The van der Waals surface area contributed by atoms with Crippen LogP contribution < -0.4 is 29.4 Å². The monoisotopic (exact) mass is 2430 g/mol. The average molecular weight is 2430 g/mol. The normalized spacial score (nSPS) is 14.2. The van der Waals surface area contributed by atoms with Crippen molar-refractivity contribution in [2.45, 2.75) is 52.2 Å². The minimum Gasteiger partial charge on any atom is -0.510 e. The van der Waals surface area contributed by atoms with E-state index in [1.807, 2.05) is 254 Å². The summed E-state index contributed by atoms with van der Waals surface area (Å²) in [4.78, 5) is 20.4. The molecule has 5 aliphatic heterocycles. The SMILES string of the molecule is CC(C)(C)N1C=CN(c2[c-]cccc2)[CH-]1.CC1(C)c2ccccc2-c2c[c-]c(-n3ccnn3)cc21.CN1C=CN(c2[c-]ccc(-c3ccccc3)c2)[CH-]1.CN1C=CN(c2[c-]ccc(CO)c2)[CH-]1.CN1C=CN(c2[c-]cccc2)[CH-]1.[Ir].[Ir].[Pt+2].[Pt+2].[Pt+2].[Pt+2].[c-]1ccccc1N1C=CN(c2ccccc2)[CH-]1. The Morgan fingerprint density at radius 2 is 0.873 bits per heavy atom. The van der Waals surface area contributed by atoms with E-state index >= 15 is 0 Å². The average Bonchev–Trinajstić information content (AvgIpc) is 1.58. The van der Waals surface area contributed by atoms with E-state index in [9.17, 15) is 0 Å². The van der Waals surface area contributed by atoms with Gasteiger partial charge in [0.15, 0.2) is 0 Å². The molecule has 16 rings (SSSR count). The third-order valence-corrected chi connectivity index (χ3v) is 16.0. The summed E-state index contributed by atoms with van der Waals surface area (Å²) in [6.45, 7) is 21.3. The third-order valence-electron chi connectivity index (χ3n) is 16.0. The smallest absolute Gasteiger partial charge is 0.510 e. The largest absolute Gasteiger partial charge is 2.00 e. The van der Waals surface area contributed by atoms with Crippen LogP contribution in [0.25, 0.3) is 27.9 Å². The quantitative estimate of drug-likeness (QED) is 0.139. The van der Waals surface area contributed by atoms with Crippen LogP contribution in [0.5, 0.6) is 0 Å². The van der Waals surface area contributed by atoms with Crippen LogP contribution in [-0.4, -0.2) is 66.4 Å². The Bertz CT molecular complexity index is 4200. The molecule has 0 fully saturated rings. The first-order valence-corrected chi connectivity index (χ1v) is 31.6. The van der Waals surface area contributed by atoms with Gasteiger partial charge in [-0.15, -0.1) is 80.7 Å². The van der Waals surface area contributed by atoms with Crippen molar-refractivity contribution < 1.29 is 130 Å². The van der Waals surface area contributed by atoms with Gasteiger partial charge in [0.2, 0.25) is 0 Å². The van der Waals surface area contributed by atoms with E-state index in [0.717, 1.165) is 45.4 Å². The number of para-hydroxylation sites is 4. The first-order chi connectivity index (χ1) is 46.7. The molecule has 0 spiro atoms. The zero-order valence-corrected chi connectivity index (χ0v) is 71.2. The molecule has 0 atom stereocenters. The summed E-state index contributed by atoms with van der Waals surface area (Å²) in [6, 6.07) is 88.3. The topological polar surface area (TPSA) is 83.3 Å². The van der Waals surface area contributed by atoms with E-state index in [2.05, 4.69) is 205 Å². The standard InChI is InChI=1S/C17H14N3.C16H14N2.C15H12N2.C13H16N2.C11H12N2O.C10H10N2.2Ir.4Pt/c1-17(2)15-6-4-3-5-13(15)14-8-7-12(11-16(14)17)20-10-9-18-19-20;1-17-10-11-18(13-17)16-9-5-8-15(12-16)14-6-3-2-4-7-14;1-3-7-14(8-4-1)16-11-12-17(13-16)15-9-5-2-6-10-15;1-13(2,3)15-10-9-14(11-15)12-7-5-4-6-8-12;1-12-5-6-13(9-12)11-4-2-3-10(7-11)8-14;1-11-7-8-12(9-11)10-5-3-2-4-6-10;;;;;;/h3-6,8-11H,1-2H3;2-8,10-13H,1H3;1-9,11-13H;4-7,9-11H,1-3H3;2-3,5-7,9,14H,8H2,1H3;2-5,7-9H,1H3;;;;;;/q-1;5*-2;;;4*+2. The first kappa shape index (κ1) is 85.5. The molecule has 0 saturated heterocycles. The fraction of sp³-hybridized carbons (Fsp3) is 0.134. The predicted molar refractivity (Wildman–Crippen MR) is 389 cm³/mol. The molecule has 14 nitrogen and oxygen atoms in total. The summed E-state index contributed by atoms with van der Waals surface area (Å²) < 4.78 is 1.75. The number of rotatable bonds is 9. The van der Waals surface area contributed by atoms with Crippen LogP contribution in [0.3, 0.4) is 0 Å². The van der Waals surface area contributed by atoms with Crippen molar-refractivity contribution in [1.82, 2.24) is 34.6 Å². The van der Waals surface area contributed by atoms with Gasteiger partial charge in [-0.2, -0.15) is 166 Å². The minimum absolute atomic E-state index is 0. The predicted octanol–water partition coefficient (Wildman–Crippen LogP) is 16.4. The molecule has 0 saturated carbocycles. The summed E-state index contributed by atoms with van der Waals surface area (Å²) in [6.07, 6.45) is 23.7. The van der Waals surface area contributed by atoms with E-state index in [4.69, 9.17) is 5.11 Å². The number of hydrogen-bond acceptors (Lipinski definition) is 13. The van der Waals surface area contributed by atoms with Crippen LogP contribution in [0.15, 0.2) is 281 Å². The summed E-state index contributed by atoms with van der Waals surface area (Å²) in [7, 11) is 5.98. The van der Waals surface area contributed by atoms with Crippen molar-refractivity contribution in [2.24, 2.45) is 0 Å². The van der Waals surface area contributed by atoms with E-state index in [0.29, 0.717) is 0 Å². The van der Waals surface area contributed by atoms with Crippen molar-refractivity contribution in [3.05, 3.63) is 367 Å². The maximum absolute atomic E-state index is 8.99. The van der Waals surface area contributed by atoms with E-state index in [1.165, 1.54) is 33.4 Å². The second-order valence-electron chi connectivity index (χ2n) is 24.4. The van der Waals surface area contributed by atoms with Crippen LogP contribution in [0.2, 0.25) is 0 Å². The fourth-order valence-corrected chi connectivity index (χ4v) is 10.8. The molecule has 10 aromatic rings. The number of aliphatic hydroxyl groups is 1. The minimum atomic E-state index is 0.